The van der Waals surface area contributed by atoms with Gasteiger partial charge in [0.25, 0.3) is 0 Å². The average molecular weight is 219 g/mol. The third-order valence-electron chi connectivity index (χ3n) is 2.26. The first-order valence-corrected chi connectivity index (χ1v) is 5.00. The summed E-state index contributed by atoms with van der Waals surface area (Å²) in [5.74, 6) is 0. The Morgan fingerprint density at radius 2 is 2.06 bits per heavy atom. The third-order valence-corrected chi connectivity index (χ3v) is 2.26. The summed E-state index contributed by atoms with van der Waals surface area (Å²) in [5, 5.41) is 16.9. The van der Waals surface area contributed by atoms with E-state index < -0.39 is 0 Å². The smallest absolute Gasteiger partial charge is 0.104 e. The molecule has 2 heterocycles. The van der Waals surface area contributed by atoms with Crippen LogP contribution in [-0.4, -0.2) is 31.7 Å². The summed E-state index contributed by atoms with van der Waals surface area (Å²) >= 11 is 0. The minimum absolute atomic E-state index is 0.0193. The van der Waals surface area contributed by atoms with E-state index in [4.69, 9.17) is 10.8 Å². The van der Waals surface area contributed by atoms with Crippen LogP contribution in [0, 0.1) is 0 Å². The Kier molecular flexibility index (Phi) is 3.23. The van der Waals surface area contributed by atoms with Crippen molar-refractivity contribution < 1.29 is 5.11 Å². The van der Waals surface area contributed by atoms with Crippen molar-refractivity contribution >= 4 is 0 Å². The van der Waals surface area contributed by atoms with Gasteiger partial charge in [-0.25, -0.2) is 4.68 Å². The highest BCUT2D eigenvalue weighted by atomic mass is 16.3. The zero-order valence-electron chi connectivity index (χ0n) is 8.74. The van der Waals surface area contributed by atoms with Crippen LogP contribution in [0.15, 0.2) is 24.5 Å². The number of aromatic nitrogens is 4. The van der Waals surface area contributed by atoms with Gasteiger partial charge in [-0.2, -0.15) is 0 Å². The first-order chi connectivity index (χ1) is 7.86. The topological polar surface area (TPSA) is 89.8 Å². The second kappa shape index (κ2) is 4.82. The molecule has 0 aliphatic carbocycles. The number of nitrogens with two attached hydrogens (primary N) is 1. The molecule has 6 heteroatoms. The Labute approximate surface area is 92.7 Å². The molecule has 0 saturated heterocycles. The van der Waals surface area contributed by atoms with Crippen molar-refractivity contribution in [1.29, 1.82) is 0 Å². The first-order valence-electron chi connectivity index (χ1n) is 5.00. The van der Waals surface area contributed by atoms with Gasteiger partial charge in [0.15, 0.2) is 0 Å². The van der Waals surface area contributed by atoms with Gasteiger partial charge in [0.2, 0.25) is 0 Å². The van der Waals surface area contributed by atoms with Gasteiger partial charge in [-0.1, -0.05) is 5.21 Å². The van der Waals surface area contributed by atoms with Crippen molar-refractivity contribution in [2.24, 2.45) is 5.73 Å². The predicted molar refractivity (Wildman–Crippen MR) is 58.2 cm³/mol. The van der Waals surface area contributed by atoms with Crippen LogP contribution in [0.2, 0.25) is 0 Å². The molecule has 2 aromatic heterocycles. The number of hydrogen-bond acceptors (Lipinski definition) is 5. The molecule has 0 saturated carbocycles. The molecule has 0 aliphatic rings. The van der Waals surface area contributed by atoms with Crippen LogP contribution < -0.4 is 5.73 Å². The molecule has 0 spiro atoms. The highest BCUT2D eigenvalue weighted by molar-refractivity contribution is 5.61. The number of hydrogen-bond donors (Lipinski definition) is 2. The maximum absolute atomic E-state index is 8.94. The largest absolute Gasteiger partial charge is 0.394 e. The Morgan fingerprint density at radius 1 is 1.31 bits per heavy atom. The highest BCUT2D eigenvalue weighted by Crippen LogP contribution is 2.20. The molecule has 0 unspecified atom stereocenters. The molecule has 0 aliphatic heterocycles. The van der Waals surface area contributed by atoms with E-state index in [2.05, 4.69) is 15.3 Å². The van der Waals surface area contributed by atoms with Crippen LogP contribution in [-0.2, 0) is 13.1 Å². The predicted octanol–water partition coefficient (Wildman–Crippen LogP) is -0.209. The molecule has 0 fully saturated rings. The van der Waals surface area contributed by atoms with Crippen LogP contribution in [0.4, 0.5) is 0 Å². The normalized spacial score (nSPS) is 10.6. The Morgan fingerprint density at radius 3 is 2.69 bits per heavy atom. The third kappa shape index (κ3) is 1.93. The quantitative estimate of drug-likeness (QED) is 0.742. The summed E-state index contributed by atoms with van der Waals surface area (Å²) in [7, 11) is 0. The first kappa shape index (κ1) is 10.7. The van der Waals surface area contributed by atoms with E-state index in [9.17, 15) is 0 Å². The van der Waals surface area contributed by atoms with Gasteiger partial charge in [-0.05, 0) is 12.1 Å². The van der Waals surface area contributed by atoms with Crippen LogP contribution in [0.5, 0.6) is 0 Å². The van der Waals surface area contributed by atoms with E-state index in [-0.39, 0.29) is 6.61 Å². The zero-order chi connectivity index (χ0) is 11.4. The van der Waals surface area contributed by atoms with Gasteiger partial charge in [-0.15, -0.1) is 5.10 Å². The fraction of sp³-hybridized carbons (Fsp3) is 0.300. The molecule has 84 valence electrons. The van der Waals surface area contributed by atoms with Crippen molar-refractivity contribution in [3.05, 3.63) is 30.2 Å². The minimum atomic E-state index is 0.0193. The van der Waals surface area contributed by atoms with Crippen LogP contribution >= 0.6 is 0 Å². The molecule has 2 aromatic rings. The molecule has 0 aromatic carbocycles. The summed E-state index contributed by atoms with van der Waals surface area (Å²) in [4.78, 5) is 3.96. The van der Waals surface area contributed by atoms with E-state index in [1.807, 2.05) is 12.1 Å². The molecule has 2 rings (SSSR count). The summed E-state index contributed by atoms with van der Waals surface area (Å²) in [6.07, 6.45) is 3.40. The maximum atomic E-state index is 8.94. The van der Waals surface area contributed by atoms with Gasteiger partial charge in [0.1, 0.15) is 5.69 Å². The monoisotopic (exact) mass is 219 g/mol. The van der Waals surface area contributed by atoms with E-state index in [1.165, 1.54) is 0 Å². The lowest BCUT2D eigenvalue weighted by Gasteiger charge is -2.05. The van der Waals surface area contributed by atoms with Crippen molar-refractivity contribution in [2.45, 2.75) is 13.1 Å². The second-order valence-electron chi connectivity index (χ2n) is 3.27. The summed E-state index contributed by atoms with van der Waals surface area (Å²) < 4.78 is 1.65. The van der Waals surface area contributed by atoms with Crippen molar-refractivity contribution in [1.82, 2.24) is 20.0 Å². The molecule has 16 heavy (non-hydrogen) atoms. The molecule has 0 bridgehead atoms. The molecule has 0 radical (unpaired) electrons. The lowest BCUT2D eigenvalue weighted by molar-refractivity contribution is 0.269. The standard InChI is InChI=1S/C10H13N5O/c11-7-9-10(8-1-3-12-4-2-8)15(5-6-16)14-13-9/h1-4,16H,5-7,11H2. The molecule has 6 nitrogen and oxygen atoms in total. The number of nitrogens with zero attached hydrogens (tertiary/aromatic N) is 4. The van der Waals surface area contributed by atoms with Crippen molar-refractivity contribution in [3.63, 3.8) is 0 Å². The van der Waals surface area contributed by atoms with Gasteiger partial charge in [0, 0.05) is 24.5 Å². The number of aliphatic hydroxyl groups is 1. The minimum Gasteiger partial charge on any atom is -0.394 e. The van der Waals surface area contributed by atoms with Gasteiger partial charge in [0.05, 0.1) is 18.8 Å². The van der Waals surface area contributed by atoms with Gasteiger partial charge < -0.3 is 10.8 Å². The maximum Gasteiger partial charge on any atom is 0.104 e. The number of rotatable bonds is 4. The Bertz CT molecular complexity index is 453. The van der Waals surface area contributed by atoms with E-state index >= 15 is 0 Å². The molecule has 3 N–H and O–H groups in total. The average Bonchev–Trinajstić information content (AvgIpc) is 2.74. The van der Waals surface area contributed by atoms with E-state index in [1.54, 1.807) is 17.1 Å². The van der Waals surface area contributed by atoms with Crippen LogP contribution in [0.1, 0.15) is 5.69 Å². The van der Waals surface area contributed by atoms with E-state index in [0.717, 1.165) is 17.0 Å². The summed E-state index contributed by atoms with van der Waals surface area (Å²) in [6.45, 7) is 0.749. The Balaban J connectivity index is 2.48. The lowest BCUT2D eigenvalue weighted by Crippen LogP contribution is -2.07. The number of aliphatic hydroxyl groups excluding tert-OH is 1. The molecular weight excluding hydrogens is 206 g/mol. The molecule has 0 atom stereocenters. The SMILES string of the molecule is NCc1nnn(CCO)c1-c1ccncc1. The van der Waals surface area contributed by atoms with Crippen LogP contribution in [0.25, 0.3) is 11.3 Å². The highest BCUT2D eigenvalue weighted by Gasteiger charge is 2.12. The van der Waals surface area contributed by atoms with Crippen LogP contribution in [0.3, 0.4) is 0 Å². The molecule has 0 amide bonds. The summed E-state index contributed by atoms with van der Waals surface area (Å²) in [6, 6.07) is 3.73. The molecular formula is C10H13N5O. The fourth-order valence-electron chi connectivity index (χ4n) is 1.56. The van der Waals surface area contributed by atoms with Gasteiger partial charge >= 0.3 is 0 Å². The Hall–Kier alpha value is -1.79. The fourth-order valence-corrected chi connectivity index (χ4v) is 1.56. The summed E-state index contributed by atoms with van der Waals surface area (Å²) in [5.41, 5.74) is 8.12. The van der Waals surface area contributed by atoms with E-state index in [0.29, 0.717) is 13.1 Å². The van der Waals surface area contributed by atoms with Gasteiger partial charge in [-0.3, -0.25) is 4.98 Å². The van der Waals surface area contributed by atoms with Crippen molar-refractivity contribution in [3.8, 4) is 11.3 Å². The lowest BCUT2D eigenvalue weighted by atomic mass is 10.1. The second-order valence-corrected chi connectivity index (χ2v) is 3.27. The zero-order valence-corrected chi connectivity index (χ0v) is 8.74. The van der Waals surface area contributed by atoms with Crippen molar-refractivity contribution in [2.75, 3.05) is 6.61 Å². The number of pyridine rings is 1.